The summed E-state index contributed by atoms with van der Waals surface area (Å²) in [5.74, 6) is -0.133. The highest BCUT2D eigenvalue weighted by Crippen LogP contribution is 2.44. The monoisotopic (exact) mass is 430 g/mol. The van der Waals surface area contributed by atoms with Crippen LogP contribution in [0.2, 0.25) is 0 Å². The molecule has 0 saturated heterocycles. The predicted octanol–water partition coefficient (Wildman–Crippen LogP) is 3.39. The van der Waals surface area contributed by atoms with E-state index in [1.807, 2.05) is 48.5 Å². The first-order valence-electron chi connectivity index (χ1n) is 10.1. The summed E-state index contributed by atoms with van der Waals surface area (Å²) in [5.41, 5.74) is 2.99. The van der Waals surface area contributed by atoms with Crippen molar-refractivity contribution in [1.29, 1.82) is 0 Å². The molecule has 4 rings (SSSR count). The molecule has 1 heterocycles. The van der Waals surface area contributed by atoms with Crippen LogP contribution in [0.3, 0.4) is 0 Å². The molecule has 0 fully saturated rings. The quantitative estimate of drug-likeness (QED) is 0.585. The molecule has 1 aliphatic heterocycles. The number of methoxy groups -OCH3 is 1. The summed E-state index contributed by atoms with van der Waals surface area (Å²) in [7, 11) is 1.26. The molecule has 0 atom stereocenters. The molecule has 32 heavy (non-hydrogen) atoms. The zero-order valence-electron chi connectivity index (χ0n) is 17.5. The first kappa shape index (κ1) is 21.1. The summed E-state index contributed by atoms with van der Waals surface area (Å²) in [6, 6.07) is 22.0. The van der Waals surface area contributed by atoms with Gasteiger partial charge in [-0.25, -0.2) is 0 Å². The first-order valence-corrected chi connectivity index (χ1v) is 10.1. The van der Waals surface area contributed by atoms with Crippen LogP contribution in [0, 0.1) is 0 Å². The van der Waals surface area contributed by atoms with Crippen LogP contribution in [0.1, 0.15) is 22.6 Å². The van der Waals surface area contributed by atoms with Crippen LogP contribution in [0.15, 0.2) is 72.8 Å². The van der Waals surface area contributed by atoms with Crippen LogP contribution in [0.5, 0.6) is 11.5 Å². The number of amides is 2. The number of carbonyl (C=O) groups is 3. The molecule has 0 aliphatic carbocycles. The lowest BCUT2D eigenvalue weighted by Crippen LogP contribution is -2.31. The summed E-state index contributed by atoms with van der Waals surface area (Å²) in [6.07, 6.45) is 0.117. The van der Waals surface area contributed by atoms with Crippen molar-refractivity contribution in [2.75, 3.05) is 19.0 Å². The largest absolute Gasteiger partial charge is 0.468 e. The van der Waals surface area contributed by atoms with Gasteiger partial charge in [0.05, 0.1) is 19.4 Å². The number of para-hydroxylation sites is 2. The Morgan fingerprint density at radius 1 is 0.875 bits per heavy atom. The summed E-state index contributed by atoms with van der Waals surface area (Å²) < 4.78 is 10.5. The van der Waals surface area contributed by atoms with Crippen LogP contribution in [0.4, 0.5) is 5.69 Å². The molecule has 0 saturated carbocycles. The number of carbonyl (C=O) groups excluding carboxylic acids is 3. The lowest BCUT2D eigenvalue weighted by Gasteiger charge is -2.27. The number of hydrogen-bond acceptors (Lipinski definition) is 5. The van der Waals surface area contributed by atoms with Crippen molar-refractivity contribution in [3.8, 4) is 11.5 Å². The maximum absolute atomic E-state index is 13.3. The molecule has 1 aliphatic rings. The molecule has 2 N–H and O–H groups in total. The highest BCUT2D eigenvalue weighted by Gasteiger charge is 2.32. The normalized spacial score (nSPS) is 12.0. The predicted molar refractivity (Wildman–Crippen MR) is 119 cm³/mol. The third kappa shape index (κ3) is 4.62. The molecule has 0 radical (unpaired) electrons. The zero-order valence-corrected chi connectivity index (χ0v) is 17.5. The van der Waals surface area contributed by atoms with Crippen molar-refractivity contribution < 1.29 is 23.9 Å². The second-order valence-corrected chi connectivity index (χ2v) is 7.33. The molecule has 0 unspecified atom stereocenters. The molecule has 0 bridgehead atoms. The highest BCUT2D eigenvalue weighted by atomic mass is 16.5. The van der Waals surface area contributed by atoms with Crippen LogP contribution >= 0.6 is 0 Å². The van der Waals surface area contributed by atoms with Crippen LogP contribution in [-0.4, -0.2) is 31.4 Å². The van der Waals surface area contributed by atoms with Gasteiger partial charge in [-0.05, 0) is 29.8 Å². The molecule has 7 heteroatoms. The molecule has 7 nitrogen and oxygen atoms in total. The van der Waals surface area contributed by atoms with E-state index in [0.29, 0.717) is 17.2 Å². The van der Waals surface area contributed by atoms with Gasteiger partial charge in [0.2, 0.25) is 11.8 Å². The van der Waals surface area contributed by atoms with Crippen molar-refractivity contribution in [2.45, 2.75) is 12.3 Å². The second-order valence-electron chi connectivity index (χ2n) is 7.33. The minimum atomic E-state index is -0.507. The SMILES string of the molecule is COC(=O)CNC(=O)Cc1ccc(NC(=O)C2c3ccccc3Oc3ccccc32)cc1. The summed E-state index contributed by atoms with van der Waals surface area (Å²) in [6.45, 7) is -0.169. The van der Waals surface area contributed by atoms with Gasteiger partial charge >= 0.3 is 5.97 Å². The number of nitrogens with one attached hydrogen (secondary N) is 2. The highest BCUT2D eigenvalue weighted by molar-refractivity contribution is 5.99. The van der Waals surface area contributed by atoms with E-state index in [1.54, 1.807) is 24.3 Å². The molecule has 3 aromatic carbocycles. The molecular weight excluding hydrogens is 408 g/mol. The summed E-state index contributed by atoms with van der Waals surface area (Å²) in [4.78, 5) is 36.3. The van der Waals surface area contributed by atoms with Gasteiger partial charge in [-0.3, -0.25) is 14.4 Å². The maximum Gasteiger partial charge on any atom is 0.325 e. The number of anilines is 1. The number of esters is 1. The standard InChI is InChI=1S/C25H22N2O5/c1-31-23(29)15-26-22(28)14-16-10-12-17(13-11-16)27-25(30)24-18-6-2-4-8-20(18)32-21-9-5-3-7-19(21)24/h2-13,24H,14-15H2,1H3,(H,26,28)(H,27,30). The smallest absolute Gasteiger partial charge is 0.325 e. The third-order valence-electron chi connectivity index (χ3n) is 5.19. The van der Waals surface area contributed by atoms with E-state index >= 15 is 0 Å². The molecule has 2 amide bonds. The van der Waals surface area contributed by atoms with Crippen molar-refractivity contribution in [3.63, 3.8) is 0 Å². The number of benzene rings is 3. The van der Waals surface area contributed by atoms with Crippen molar-refractivity contribution in [2.24, 2.45) is 0 Å². The Morgan fingerprint density at radius 3 is 2.06 bits per heavy atom. The Bertz CT molecular complexity index is 1110. The van der Waals surface area contributed by atoms with Gasteiger partial charge in [-0.1, -0.05) is 48.5 Å². The average molecular weight is 430 g/mol. The van der Waals surface area contributed by atoms with E-state index in [2.05, 4.69) is 15.4 Å². The average Bonchev–Trinajstić information content (AvgIpc) is 2.82. The lowest BCUT2D eigenvalue weighted by atomic mass is 9.87. The second kappa shape index (κ2) is 9.34. The number of rotatable bonds is 6. The van der Waals surface area contributed by atoms with Crippen LogP contribution in [-0.2, 0) is 25.5 Å². The Balaban J connectivity index is 1.46. The molecule has 162 valence electrons. The molecule has 0 spiro atoms. The molecule has 0 aromatic heterocycles. The van der Waals surface area contributed by atoms with Crippen molar-refractivity contribution in [1.82, 2.24) is 5.32 Å². The Labute approximate surface area is 185 Å². The van der Waals surface area contributed by atoms with Gasteiger partial charge in [-0.15, -0.1) is 0 Å². The topological polar surface area (TPSA) is 93.7 Å². The van der Waals surface area contributed by atoms with Gasteiger partial charge in [0.25, 0.3) is 0 Å². The van der Waals surface area contributed by atoms with E-state index in [9.17, 15) is 14.4 Å². The lowest BCUT2D eigenvalue weighted by molar-refractivity contribution is -0.141. The number of ether oxygens (including phenoxy) is 2. The van der Waals surface area contributed by atoms with Crippen molar-refractivity contribution in [3.05, 3.63) is 89.5 Å². The third-order valence-corrected chi connectivity index (χ3v) is 5.19. The van der Waals surface area contributed by atoms with Gasteiger partial charge in [-0.2, -0.15) is 0 Å². The van der Waals surface area contributed by atoms with Gasteiger partial charge in [0.15, 0.2) is 0 Å². The maximum atomic E-state index is 13.3. The van der Waals surface area contributed by atoms with Crippen molar-refractivity contribution >= 4 is 23.5 Å². The number of hydrogen-bond donors (Lipinski definition) is 2. The van der Waals surface area contributed by atoms with E-state index in [4.69, 9.17) is 4.74 Å². The van der Waals surface area contributed by atoms with E-state index in [-0.39, 0.29) is 24.8 Å². The van der Waals surface area contributed by atoms with Crippen LogP contribution < -0.4 is 15.4 Å². The molecule has 3 aromatic rings. The minimum Gasteiger partial charge on any atom is -0.468 e. The van der Waals surface area contributed by atoms with Crippen LogP contribution in [0.25, 0.3) is 0 Å². The zero-order chi connectivity index (χ0) is 22.5. The summed E-state index contributed by atoms with van der Waals surface area (Å²) >= 11 is 0. The van der Waals surface area contributed by atoms with E-state index < -0.39 is 11.9 Å². The fraction of sp³-hybridized carbons (Fsp3) is 0.160. The Morgan fingerprint density at radius 2 is 1.47 bits per heavy atom. The fourth-order valence-electron chi connectivity index (χ4n) is 3.60. The van der Waals surface area contributed by atoms with Gasteiger partial charge in [0, 0.05) is 16.8 Å². The minimum absolute atomic E-state index is 0.117. The Hall–Kier alpha value is -4.13. The summed E-state index contributed by atoms with van der Waals surface area (Å²) in [5, 5.41) is 5.46. The Kier molecular flexibility index (Phi) is 6.17. The van der Waals surface area contributed by atoms with Gasteiger partial charge < -0.3 is 20.1 Å². The van der Waals surface area contributed by atoms with Gasteiger partial charge in [0.1, 0.15) is 18.0 Å². The number of fused-ring (bicyclic) bond motifs is 2. The fourth-order valence-corrected chi connectivity index (χ4v) is 3.60. The van der Waals surface area contributed by atoms with E-state index in [0.717, 1.165) is 16.7 Å². The van der Waals surface area contributed by atoms with E-state index in [1.165, 1.54) is 7.11 Å². The first-order chi connectivity index (χ1) is 15.5. The molecular formula is C25H22N2O5.